The Balaban J connectivity index is 1.65. The van der Waals surface area contributed by atoms with Crippen LogP contribution in [0.5, 0.6) is 0 Å². The van der Waals surface area contributed by atoms with Crippen LogP contribution in [0.25, 0.3) is 11.2 Å². The Labute approximate surface area is 139 Å². The molecule has 3 aromatic heterocycles. The molecule has 1 aliphatic carbocycles. The molecular formula is C18H17N5O. The summed E-state index contributed by atoms with van der Waals surface area (Å²) in [4.78, 5) is 13.0. The summed E-state index contributed by atoms with van der Waals surface area (Å²) in [5, 5.41) is 13.1. The number of aromatic nitrogens is 4. The molecule has 2 N–H and O–H groups in total. The number of rotatable bonds is 4. The van der Waals surface area contributed by atoms with Crippen LogP contribution in [0.3, 0.4) is 0 Å². The minimum Gasteiger partial charge on any atom is -0.512 e. The standard InChI is InChI=1S/C18H17N5O/c24-15-5-1-4-14(9-15)16-12-22-18-17(20-7-8-23(16)18)21-11-13-3-2-6-19-10-13/h2-4,6-10,12,24H,1,5,11H2,(H,20,21). The van der Waals surface area contributed by atoms with Crippen LogP contribution < -0.4 is 5.32 Å². The van der Waals surface area contributed by atoms with Crippen molar-refractivity contribution in [2.45, 2.75) is 19.4 Å². The molecule has 0 saturated carbocycles. The molecule has 3 heterocycles. The molecule has 0 radical (unpaired) electrons. The highest BCUT2D eigenvalue weighted by Crippen LogP contribution is 2.26. The van der Waals surface area contributed by atoms with Crippen molar-refractivity contribution in [3.63, 3.8) is 0 Å². The van der Waals surface area contributed by atoms with Gasteiger partial charge in [-0.25, -0.2) is 9.97 Å². The second kappa shape index (κ2) is 6.16. The van der Waals surface area contributed by atoms with Crippen LogP contribution in [-0.4, -0.2) is 24.5 Å². The number of fused-ring (bicyclic) bond motifs is 1. The largest absolute Gasteiger partial charge is 0.512 e. The van der Waals surface area contributed by atoms with Gasteiger partial charge in [-0.15, -0.1) is 0 Å². The van der Waals surface area contributed by atoms with Crippen LogP contribution in [0.2, 0.25) is 0 Å². The van der Waals surface area contributed by atoms with Gasteiger partial charge in [0.05, 0.1) is 17.6 Å². The summed E-state index contributed by atoms with van der Waals surface area (Å²) in [5.41, 5.74) is 3.77. The second-order valence-electron chi connectivity index (χ2n) is 5.66. The summed E-state index contributed by atoms with van der Waals surface area (Å²) in [6.45, 7) is 0.631. The van der Waals surface area contributed by atoms with Gasteiger partial charge < -0.3 is 10.4 Å². The number of nitrogens with zero attached hydrogens (tertiary/aromatic N) is 4. The van der Waals surface area contributed by atoms with Gasteiger partial charge in [0.1, 0.15) is 0 Å². The SMILES string of the molecule is OC1=CC(c2cnc3c(NCc4cccnc4)nccn23)=CCC1. The Morgan fingerprint density at radius 2 is 2.17 bits per heavy atom. The molecule has 0 saturated heterocycles. The van der Waals surface area contributed by atoms with Crippen LogP contribution in [-0.2, 0) is 6.54 Å². The zero-order chi connectivity index (χ0) is 16.4. The summed E-state index contributed by atoms with van der Waals surface area (Å²) in [7, 11) is 0. The number of anilines is 1. The maximum absolute atomic E-state index is 9.78. The molecule has 0 unspecified atom stereocenters. The molecule has 0 spiro atoms. The zero-order valence-electron chi connectivity index (χ0n) is 13.1. The smallest absolute Gasteiger partial charge is 0.180 e. The predicted molar refractivity (Wildman–Crippen MR) is 92.5 cm³/mol. The highest BCUT2D eigenvalue weighted by molar-refractivity contribution is 5.76. The van der Waals surface area contributed by atoms with Crippen molar-refractivity contribution in [2.24, 2.45) is 0 Å². The van der Waals surface area contributed by atoms with E-state index < -0.39 is 0 Å². The van der Waals surface area contributed by atoms with E-state index in [9.17, 15) is 5.11 Å². The maximum Gasteiger partial charge on any atom is 0.180 e. The van der Waals surface area contributed by atoms with Crippen LogP contribution in [0, 0.1) is 0 Å². The summed E-state index contributed by atoms with van der Waals surface area (Å²) in [5.74, 6) is 1.13. The lowest BCUT2D eigenvalue weighted by Gasteiger charge is -2.10. The topological polar surface area (TPSA) is 75.3 Å². The van der Waals surface area contributed by atoms with Crippen LogP contribution in [0.15, 0.2) is 61.0 Å². The lowest BCUT2D eigenvalue weighted by atomic mass is 10.0. The Kier molecular flexibility index (Phi) is 3.70. The lowest BCUT2D eigenvalue weighted by Crippen LogP contribution is -2.04. The first-order valence-corrected chi connectivity index (χ1v) is 7.86. The average molecular weight is 319 g/mol. The van der Waals surface area contributed by atoms with Gasteiger partial charge in [-0.3, -0.25) is 9.38 Å². The van der Waals surface area contributed by atoms with Crippen molar-refractivity contribution in [2.75, 3.05) is 5.32 Å². The summed E-state index contributed by atoms with van der Waals surface area (Å²) in [6.07, 6.45) is 14.5. The quantitative estimate of drug-likeness (QED) is 0.771. The minimum absolute atomic E-state index is 0.409. The fourth-order valence-electron chi connectivity index (χ4n) is 2.81. The van der Waals surface area contributed by atoms with Gasteiger partial charge in [0.25, 0.3) is 0 Å². The molecule has 3 aromatic rings. The molecule has 1 aliphatic rings. The van der Waals surface area contributed by atoms with Crippen molar-refractivity contribution >= 4 is 17.0 Å². The number of nitrogens with one attached hydrogen (secondary N) is 1. The highest BCUT2D eigenvalue weighted by atomic mass is 16.3. The molecule has 0 atom stereocenters. The Hall–Kier alpha value is -3.15. The third-order valence-corrected chi connectivity index (χ3v) is 3.99. The van der Waals surface area contributed by atoms with Crippen molar-refractivity contribution in [1.82, 2.24) is 19.4 Å². The van der Waals surface area contributed by atoms with Crippen LogP contribution in [0.4, 0.5) is 5.82 Å². The number of aliphatic hydroxyl groups is 1. The molecule has 4 rings (SSSR count). The summed E-state index contributed by atoms with van der Waals surface area (Å²) < 4.78 is 1.99. The van der Waals surface area contributed by atoms with E-state index in [-0.39, 0.29) is 0 Å². The van der Waals surface area contributed by atoms with Gasteiger partial charge in [-0.1, -0.05) is 12.1 Å². The van der Waals surface area contributed by atoms with E-state index >= 15 is 0 Å². The van der Waals surface area contributed by atoms with Gasteiger partial charge in [0.15, 0.2) is 11.5 Å². The molecular weight excluding hydrogens is 302 g/mol. The molecule has 6 nitrogen and oxygen atoms in total. The molecule has 24 heavy (non-hydrogen) atoms. The number of imidazole rings is 1. The second-order valence-corrected chi connectivity index (χ2v) is 5.66. The fourth-order valence-corrected chi connectivity index (χ4v) is 2.81. The number of allylic oxidation sites excluding steroid dienone is 4. The van der Waals surface area contributed by atoms with Crippen molar-refractivity contribution in [3.05, 3.63) is 72.3 Å². The maximum atomic E-state index is 9.78. The molecule has 0 bridgehead atoms. The zero-order valence-corrected chi connectivity index (χ0v) is 13.1. The van der Waals surface area contributed by atoms with Crippen LogP contribution >= 0.6 is 0 Å². The van der Waals surface area contributed by atoms with E-state index in [1.54, 1.807) is 18.5 Å². The molecule has 0 aliphatic heterocycles. The van der Waals surface area contributed by atoms with E-state index in [4.69, 9.17) is 0 Å². The van der Waals surface area contributed by atoms with Gasteiger partial charge in [-0.05, 0) is 29.7 Å². The normalized spacial score (nSPS) is 14.3. The van der Waals surface area contributed by atoms with Gasteiger partial charge in [-0.2, -0.15) is 0 Å². The molecule has 0 aromatic carbocycles. The monoisotopic (exact) mass is 319 g/mol. The Morgan fingerprint density at radius 3 is 3.00 bits per heavy atom. The molecule has 6 heteroatoms. The van der Waals surface area contributed by atoms with E-state index in [0.29, 0.717) is 18.7 Å². The highest BCUT2D eigenvalue weighted by Gasteiger charge is 2.13. The van der Waals surface area contributed by atoms with E-state index in [0.717, 1.165) is 34.7 Å². The van der Waals surface area contributed by atoms with Crippen molar-refractivity contribution < 1.29 is 5.11 Å². The van der Waals surface area contributed by atoms with Crippen molar-refractivity contribution in [1.29, 1.82) is 0 Å². The average Bonchev–Trinajstić information content (AvgIpc) is 3.05. The molecule has 0 fully saturated rings. The lowest BCUT2D eigenvalue weighted by molar-refractivity contribution is 0.388. The number of aliphatic hydroxyl groups excluding tert-OH is 1. The van der Waals surface area contributed by atoms with Crippen LogP contribution in [0.1, 0.15) is 24.1 Å². The molecule has 120 valence electrons. The van der Waals surface area contributed by atoms with E-state index in [1.165, 1.54) is 0 Å². The third kappa shape index (κ3) is 2.74. The van der Waals surface area contributed by atoms with Gasteiger partial charge in [0, 0.05) is 37.8 Å². The first kappa shape index (κ1) is 14.4. The first-order valence-electron chi connectivity index (χ1n) is 7.86. The Morgan fingerprint density at radius 1 is 1.21 bits per heavy atom. The minimum atomic E-state index is 0.409. The fraction of sp³-hybridized carbons (Fsp3) is 0.167. The van der Waals surface area contributed by atoms with E-state index in [2.05, 4.69) is 26.3 Å². The summed E-state index contributed by atoms with van der Waals surface area (Å²) in [6, 6.07) is 3.92. The number of pyridine rings is 1. The predicted octanol–water partition coefficient (Wildman–Crippen LogP) is 3.36. The number of hydrogen-bond acceptors (Lipinski definition) is 5. The molecule has 0 amide bonds. The number of hydrogen-bond donors (Lipinski definition) is 2. The van der Waals surface area contributed by atoms with Gasteiger partial charge >= 0.3 is 0 Å². The first-order chi connectivity index (χ1) is 11.8. The Bertz CT molecular complexity index is 927. The summed E-state index contributed by atoms with van der Waals surface area (Å²) >= 11 is 0. The van der Waals surface area contributed by atoms with Crippen molar-refractivity contribution in [3.8, 4) is 0 Å². The third-order valence-electron chi connectivity index (χ3n) is 3.99. The van der Waals surface area contributed by atoms with E-state index in [1.807, 2.05) is 35.1 Å². The van der Waals surface area contributed by atoms with Gasteiger partial charge in [0.2, 0.25) is 0 Å².